The van der Waals surface area contributed by atoms with Gasteiger partial charge in [-0.3, -0.25) is 0 Å². The zero-order valence-electron chi connectivity index (χ0n) is 6.86. The van der Waals surface area contributed by atoms with E-state index in [1.807, 2.05) is 24.3 Å². The summed E-state index contributed by atoms with van der Waals surface area (Å²) in [5.41, 5.74) is 2.48. The predicted octanol–water partition coefficient (Wildman–Crippen LogP) is 2.21. The molecule has 2 rings (SSSR count). The van der Waals surface area contributed by atoms with Crippen LogP contribution in [0.1, 0.15) is 17.0 Å². The summed E-state index contributed by atoms with van der Waals surface area (Å²) in [7, 11) is 0. The summed E-state index contributed by atoms with van der Waals surface area (Å²) >= 11 is 0. The normalized spacial score (nSPS) is 18.3. The zero-order valence-corrected chi connectivity index (χ0v) is 6.86. The second kappa shape index (κ2) is 2.77. The lowest BCUT2D eigenvalue weighted by Crippen LogP contribution is -1.92. The van der Waals surface area contributed by atoms with Crippen molar-refractivity contribution in [2.45, 2.75) is 5.92 Å². The predicted molar refractivity (Wildman–Crippen MR) is 48.4 cm³/mol. The molecule has 60 valence electrons. The van der Waals surface area contributed by atoms with Gasteiger partial charge in [-0.15, -0.1) is 0 Å². The first-order valence-corrected chi connectivity index (χ1v) is 3.97. The largest absolute Gasteiger partial charge is 0.197 e. The summed E-state index contributed by atoms with van der Waals surface area (Å²) in [4.78, 5) is 0. The molecule has 0 bridgehead atoms. The average Bonchev–Trinajstić information content (AvgIpc) is 2.55. The molecule has 1 aliphatic carbocycles. The molecule has 0 amide bonds. The highest BCUT2D eigenvalue weighted by Gasteiger charge is 2.24. The molecule has 0 fully saturated rings. The lowest BCUT2D eigenvalue weighted by molar-refractivity contribution is 1.07. The van der Waals surface area contributed by atoms with E-state index in [4.69, 9.17) is 10.5 Å². The fourth-order valence-corrected chi connectivity index (χ4v) is 1.56. The number of fused-ring (bicyclic) bond motifs is 1. The summed E-state index contributed by atoms with van der Waals surface area (Å²) in [6.45, 7) is 0. The second-order valence-corrected chi connectivity index (χ2v) is 2.90. The lowest BCUT2D eigenvalue weighted by Gasteiger charge is -2.01. The Bertz CT molecular complexity index is 458. The highest BCUT2D eigenvalue weighted by Crippen LogP contribution is 2.34. The van der Waals surface area contributed by atoms with Crippen molar-refractivity contribution in [2.75, 3.05) is 0 Å². The van der Waals surface area contributed by atoms with Gasteiger partial charge in [0.2, 0.25) is 0 Å². The van der Waals surface area contributed by atoms with Crippen molar-refractivity contribution in [1.29, 1.82) is 10.5 Å². The van der Waals surface area contributed by atoms with Crippen LogP contribution in [-0.2, 0) is 0 Å². The Balaban J connectivity index is 2.60. The Labute approximate surface area is 76.3 Å². The number of nitriles is 2. The number of hydrogen-bond donors (Lipinski definition) is 0. The zero-order chi connectivity index (χ0) is 9.26. The Hall–Kier alpha value is -2.06. The van der Waals surface area contributed by atoms with Gasteiger partial charge >= 0.3 is 0 Å². The van der Waals surface area contributed by atoms with Gasteiger partial charge in [0.05, 0.1) is 17.7 Å². The van der Waals surface area contributed by atoms with Crippen molar-refractivity contribution in [2.24, 2.45) is 0 Å². The molecule has 0 aliphatic heterocycles. The molecule has 2 nitrogen and oxygen atoms in total. The third kappa shape index (κ3) is 1.01. The molecule has 0 spiro atoms. The van der Waals surface area contributed by atoms with E-state index in [1.54, 1.807) is 6.08 Å². The summed E-state index contributed by atoms with van der Waals surface area (Å²) in [6, 6.07) is 11.8. The number of allylic oxidation sites excluding steroid dienone is 1. The van der Waals surface area contributed by atoms with E-state index in [2.05, 4.69) is 12.1 Å². The van der Waals surface area contributed by atoms with Gasteiger partial charge in [-0.1, -0.05) is 24.3 Å². The highest BCUT2D eigenvalue weighted by atomic mass is 14.3. The van der Waals surface area contributed by atoms with Crippen molar-refractivity contribution in [3.8, 4) is 12.1 Å². The standard InChI is InChI=1S/C11H6N2/c12-6-9-5-8-3-1-2-4-10(8)11(9)7-13/h1-5,11H. The van der Waals surface area contributed by atoms with Crippen LogP contribution in [-0.4, -0.2) is 0 Å². The molecule has 0 aromatic heterocycles. The molecular formula is C11H6N2. The van der Waals surface area contributed by atoms with Crippen LogP contribution in [0.3, 0.4) is 0 Å². The Kier molecular flexibility index (Phi) is 1.61. The quantitative estimate of drug-likeness (QED) is 0.593. The fourth-order valence-electron chi connectivity index (χ4n) is 1.56. The topological polar surface area (TPSA) is 47.6 Å². The summed E-state index contributed by atoms with van der Waals surface area (Å²) in [5.74, 6) is -0.360. The molecule has 0 saturated carbocycles. The van der Waals surface area contributed by atoms with E-state index in [0.717, 1.165) is 11.1 Å². The van der Waals surface area contributed by atoms with Crippen LogP contribution in [0.2, 0.25) is 0 Å². The average molecular weight is 166 g/mol. The van der Waals surface area contributed by atoms with Crippen LogP contribution in [0.15, 0.2) is 29.8 Å². The Morgan fingerprint density at radius 3 is 2.62 bits per heavy atom. The highest BCUT2D eigenvalue weighted by molar-refractivity contribution is 5.71. The molecule has 0 N–H and O–H groups in total. The van der Waals surface area contributed by atoms with Gasteiger partial charge in [0.25, 0.3) is 0 Å². The van der Waals surface area contributed by atoms with Gasteiger partial charge in [0, 0.05) is 0 Å². The minimum Gasteiger partial charge on any atom is -0.197 e. The van der Waals surface area contributed by atoms with Crippen molar-refractivity contribution >= 4 is 6.08 Å². The number of rotatable bonds is 0. The minimum absolute atomic E-state index is 0.360. The van der Waals surface area contributed by atoms with Crippen LogP contribution < -0.4 is 0 Å². The van der Waals surface area contributed by atoms with Crippen molar-refractivity contribution < 1.29 is 0 Å². The van der Waals surface area contributed by atoms with E-state index in [1.165, 1.54) is 0 Å². The summed E-state index contributed by atoms with van der Waals surface area (Å²) in [5, 5.41) is 17.6. The number of hydrogen-bond acceptors (Lipinski definition) is 2. The Morgan fingerprint density at radius 1 is 1.15 bits per heavy atom. The third-order valence-corrected chi connectivity index (χ3v) is 2.19. The molecule has 1 atom stereocenters. The van der Waals surface area contributed by atoms with Gasteiger partial charge in [0.1, 0.15) is 5.92 Å². The molecule has 0 radical (unpaired) electrons. The van der Waals surface area contributed by atoms with Crippen molar-refractivity contribution in [3.63, 3.8) is 0 Å². The van der Waals surface area contributed by atoms with Gasteiger partial charge in [-0.2, -0.15) is 10.5 Å². The number of benzene rings is 1. The van der Waals surface area contributed by atoms with Gasteiger partial charge in [0.15, 0.2) is 0 Å². The third-order valence-electron chi connectivity index (χ3n) is 2.19. The molecule has 1 aliphatic rings. The van der Waals surface area contributed by atoms with Crippen LogP contribution in [0, 0.1) is 22.7 Å². The van der Waals surface area contributed by atoms with Gasteiger partial charge in [-0.05, 0) is 17.2 Å². The maximum atomic E-state index is 8.87. The van der Waals surface area contributed by atoms with Gasteiger partial charge < -0.3 is 0 Å². The molecule has 1 unspecified atom stereocenters. The second-order valence-electron chi connectivity index (χ2n) is 2.90. The molecule has 0 heterocycles. The van der Waals surface area contributed by atoms with Crippen LogP contribution in [0.4, 0.5) is 0 Å². The molecule has 13 heavy (non-hydrogen) atoms. The molecular weight excluding hydrogens is 160 g/mol. The maximum absolute atomic E-state index is 8.87. The van der Waals surface area contributed by atoms with E-state index >= 15 is 0 Å². The summed E-state index contributed by atoms with van der Waals surface area (Å²) in [6.07, 6.45) is 1.78. The first-order valence-electron chi connectivity index (χ1n) is 3.97. The molecule has 0 saturated heterocycles. The molecule has 2 heteroatoms. The smallest absolute Gasteiger partial charge is 0.107 e. The Morgan fingerprint density at radius 2 is 1.92 bits per heavy atom. The van der Waals surface area contributed by atoms with Crippen LogP contribution in [0.25, 0.3) is 6.08 Å². The van der Waals surface area contributed by atoms with Crippen molar-refractivity contribution in [1.82, 2.24) is 0 Å². The lowest BCUT2D eigenvalue weighted by atomic mass is 9.98. The van der Waals surface area contributed by atoms with E-state index < -0.39 is 0 Å². The van der Waals surface area contributed by atoms with E-state index in [9.17, 15) is 0 Å². The first-order chi connectivity index (χ1) is 6.36. The first kappa shape index (κ1) is 7.58. The minimum atomic E-state index is -0.360. The van der Waals surface area contributed by atoms with Crippen LogP contribution >= 0.6 is 0 Å². The van der Waals surface area contributed by atoms with Crippen LogP contribution in [0.5, 0.6) is 0 Å². The number of nitrogens with zero attached hydrogens (tertiary/aromatic N) is 2. The maximum Gasteiger partial charge on any atom is 0.107 e. The van der Waals surface area contributed by atoms with E-state index in [-0.39, 0.29) is 5.92 Å². The SMILES string of the molecule is N#CC1=Cc2ccccc2C1C#N. The van der Waals surface area contributed by atoms with E-state index in [0.29, 0.717) is 5.57 Å². The van der Waals surface area contributed by atoms with Crippen molar-refractivity contribution in [3.05, 3.63) is 41.0 Å². The molecule has 1 aromatic carbocycles. The van der Waals surface area contributed by atoms with Gasteiger partial charge in [-0.25, -0.2) is 0 Å². The molecule has 1 aromatic rings. The fraction of sp³-hybridized carbons (Fsp3) is 0.0909. The summed E-state index contributed by atoms with van der Waals surface area (Å²) < 4.78 is 0. The monoisotopic (exact) mass is 166 g/mol.